The molecule has 1 aliphatic rings. The lowest BCUT2D eigenvalue weighted by molar-refractivity contribution is 0.414. The van der Waals surface area contributed by atoms with Gasteiger partial charge in [0, 0.05) is 6.54 Å². The third-order valence-electron chi connectivity index (χ3n) is 4.61. The van der Waals surface area contributed by atoms with Crippen molar-refractivity contribution in [3.05, 3.63) is 35.4 Å². The number of benzene rings is 1. The van der Waals surface area contributed by atoms with Crippen LogP contribution in [0.4, 0.5) is 0 Å². The summed E-state index contributed by atoms with van der Waals surface area (Å²) in [6.45, 7) is 8.95. The molecule has 0 saturated heterocycles. The van der Waals surface area contributed by atoms with Crippen LogP contribution in [0, 0.1) is 5.92 Å². The van der Waals surface area contributed by atoms with Crippen molar-refractivity contribution < 1.29 is 0 Å². The van der Waals surface area contributed by atoms with E-state index in [-0.39, 0.29) is 0 Å². The molecule has 19 heavy (non-hydrogen) atoms. The maximum absolute atomic E-state index is 3.56. The third kappa shape index (κ3) is 3.82. The molecule has 0 spiro atoms. The van der Waals surface area contributed by atoms with Crippen LogP contribution < -0.4 is 5.32 Å². The summed E-state index contributed by atoms with van der Waals surface area (Å²) in [5.41, 5.74) is 3.00. The Hall–Kier alpha value is -0.820. The monoisotopic (exact) mass is 259 g/mol. The predicted octanol–water partition coefficient (Wildman–Crippen LogP) is 4.69. The largest absolute Gasteiger partial charge is 0.316 e. The minimum atomic E-state index is 0.632. The summed E-state index contributed by atoms with van der Waals surface area (Å²) in [6.07, 6.45) is 5.69. The highest BCUT2D eigenvalue weighted by Gasteiger charge is 2.25. The van der Waals surface area contributed by atoms with Crippen molar-refractivity contribution in [2.75, 3.05) is 13.1 Å². The molecule has 0 aliphatic heterocycles. The molecular formula is C18H29N. The van der Waals surface area contributed by atoms with Gasteiger partial charge in [0.05, 0.1) is 0 Å². The zero-order valence-electron chi connectivity index (χ0n) is 12.8. The van der Waals surface area contributed by atoms with Gasteiger partial charge >= 0.3 is 0 Å². The van der Waals surface area contributed by atoms with E-state index < -0.39 is 0 Å². The van der Waals surface area contributed by atoms with Crippen LogP contribution in [0.25, 0.3) is 0 Å². The summed E-state index contributed by atoms with van der Waals surface area (Å²) in [7, 11) is 0. The number of likely N-dealkylation sites (N-methyl/N-ethyl adjacent to an activating group) is 1. The van der Waals surface area contributed by atoms with Crippen LogP contribution in [0.3, 0.4) is 0 Å². The summed E-state index contributed by atoms with van der Waals surface area (Å²) in [5, 5.41) is 3.56. The van der Waals surface area contributed by atoms with Crippen LogP contribution in [-0.2, 0) is 0 Å². The Morgan fingerprint density at radius 1 is 1.05 bits per heavy atom. The molecule has 1 nitrogen and oxygen atoms in total. The van der Waals surface area contributed by atoms with Crippen LogP contribution >= 0.6 is 0 Å². The molecule has 1 aromatic rings. The van der Waals surface area contributed by atoms with Crippen molar-refractivity contribution >= 4 is 0 Å². The molecule has 0 aromatic heterocycles. The van der Waals surface area contributed by atoms with Gasteiger partial charge in [-0.05, 0) is 48.3 Å². The lowest BCUT2D eigenvalue weighted by atomic mass is 9.84. The molecule has 1 saturated carbocycles. The molecular weight excluding hydrogens is 230 g/mol. The Morgan fingerprint density at radius 2 is 1.63 bits per heavy atom. The Labute approximate surface area is 118 Å². The fourth-order valence-corrected chi connectivity index (χ4v) is 3.34. The lowest BCUT2D eigenvalue weighted by Crippen LogP contribution is -2.25. The second-order valence-corrected chi connectivity index (χ2v) is 6.28. The second kappa shape index (κ2) is 7.09. The molecule has 1 aromatic carbocycles. The first-order valence-corrected chi connectivity index (χ1v) is 8.03. The van der Waals surface area contributed by atoms with E-state index >= 15 is 0 Å². The van der Waals surface area contributed by atoms with Crippen LogP contribution in [0.15, 0.2) is 24.3 Å². The molecule has 1 unspecified atom stereocenters. The minimum absolute atomic E-state index is 0.632. The van der Waals surface area contributed by atoms with E-state index in [9.17, 15) is 0 Å². The van der Waals surface area contributed by atoms with Gasteiger partial charge in [0.2, 0.25) is 0 Å². The molecule has 1 aliphatic carbocycles. The van der Waals surface area contributed by atoms with Crippen molar-refractivity contribution in [1.29, 1.82) is 0 Å². The number of nitrogens with one attached hydrogen (secondary N) is 1. The fourth-order valence-electron chi connectivity index (χ4n) is 3.34. The van der Waals surface area contributed by atoms with Gasteiger partial charge in [-0.25, -0.2) is 0 Å². The first-order valence-electron chi connectivity index (χ1n) is 8.03. The number of hydrogen-bond donors (Lipinski definition) is 1. The van der Waals surface area contributed by atoms with E-state index in [1.54, 1.807) is 0 Å². The average Bonchev–Trinajstić information content (AvgIpc) is 2.94. The summed E-state index contributed by atoms with van der Waals surface area (Å²) >= 11 is 0. The van der Waals surface area contributed by atoms with Gasteiger partial charge in [-0.15, -0.1) is 0 Å². The molecule has 0 amide bonds. The highest BCUT2D eigenvalue weighted by Crippen LogP contribution is 2.37. The normalized spacial score (nSPS) is 18.1. The van der Waals surface area contributed by atoms with Crippen molar-refractivity contribution in [2.45, 2.75) is 58.3 Å². The van der Waals surface area contributed by atoms with E-state index in [0.29, 0.717) is 11.8 Å². The molecule has 0 heterocycles. The maximum atomic E-state index is 3.56. The lowest BCUT2D eigenvalue weighted by Gasteiger charge is -2.24. The van der Waals surface area contributed by atoms with E-state index in [1.807, 2.05) is 0 Å². The molecule has 1 N–H and O–H groups in total. The van der Waals surface area contributed by atoms with Crippen LogP contribution in [0.5, 0.6) is 0 Å². The number of hydrogen-bond acceptors (Lipinski definition) is 1. The predicted molar refractivity (Wildman–Crippen MR) is 83.8 cm³/mol. The molecule has 0 bridgehead atoms. The zero-order chi connectivity index (χ0) is 13.7. The van der Waals surface area contributed by atoms with Crippen molar-refractivity contribution in [3.8, 4) is 0 Å². The van der Waals surface area contributed by atoms with Gasteiger partial charge in [-0.2, -0.15) is 0 Å². The molecule has 106 valence electrons. The van der Waals surface area contributed by atoms with E-state index in [2.05, 4.69) is 50.4 Å². The topological polar surface area (TPSA) is 12.0 Å². The highest BCUT2D eigenvalue weighted by molar-refractivity contribution is 5.28. The molecule has 0 radical (unpaired) electrons. The third-order valence-corrected chi connectivity index (χ3v) is 4.61. The van der Waals surface area contributed by atoms with Gasteiger partial charge in [0.1, 0.15) is 0 Å². The zero-order valence-corrected chi connectivity index (χ0v) is 12.8. The van der Waals surface area contributed by atoms with Crippen LogP contribution in [0.1, 0.15) is 69.4 Å². The van der Waals surface area contributed by atoms with Crippen LogP contribution in [-0.4, -0.2) is 13.1 Å². The second-order valence-electron chi connectivity index (χ2n) is 6.28. The fraction of sp³-hybridized carbons (Fsp3) is 0.667. The SMILES string of the molecule is CCNCC(c1ccc(C(C)C)cc1)C1CCCC1. The van der Waals surface area contributed by atoms with Gasteiger partial charge in [0.25, 0.3) is 0 Å². The standard InChI is InChI=1S/C18H29N/c1-4-19-13-18(16-7-5-6-8-16)17-11-9-15(10-12-17)14(2)3/h9-12,14,16,18-19H,4-8,13H2,1-3H3. The highest BCUT2D eigenvalue weighted by atomic mass is 14.8. The summed E-state index contributed by atoms with van der Waals surface area (Å²) in [4.78, 5) is 0. The van der Waals surface area contributed by atoms with Gasteiger partial charge < -0.3 is 5.32 Å². The molecule has 1 heteroatoms. The minimum Gasteiger partial charge on any atom is -0.316 e. The van der Waals surface area contributed by atoms with Gasteiger partial charge in [0.15, 0.2) is 0 Å². The van der Waals surface area contributed by atoms with E-state index in [0.717, 1.165) is 19.0 Å². The Kier molecular flexibility index (Phi) is 5.45. The summed E-state index contributed by atoms with van der Waals surface area (Å²) in [5.74, 6) is 2.24. The molecule has 1 fully saturated rings. The van der Waals surface area contributed by atoms with Gasteiger partial charge in [-0.3, -0.25) is 0 Å². The Bertz CT molecular complexity index is 360. The van der Waals surface area contributed by atoms with E-state index in [1.165, 1.54) is 36.8 Å². The maximum Gasteiger partial charge on any atom is 0.00227 e. The van der Waals surface area contributed by atoms with Crippen molar-refractivity contribution in [1.82, 2.24) is 5.32 Å². The molecule has 1 atom stereocenters. The smallest absolute Gasteiger partial charge is 0.00227 e. The quantitative estimate of drug-likeness (QED) is 0.781. The van der Waals surface area contributed by atoms with E-state index in [4.69, 9.17) is 0 Å². The first-order chi connectivity index (χ1) is 9.22. The van der Waals surface area contributed by atoms with Gasteiger partial charge in [-0.1, -0.05) is 57.9 Å². The summed E-state index contributed by atoms with van der Waals surface area (Å²) in [6, 6.07) is 9.40. The van der Waals surface area contributed by atoms with Crippen molar-refractivity contribution in [2.24, 2.45) is 5.92 Å². The Morgan fingerprint density at radius 3 is 2.16 bits per heavy atom. The first kappa shape index (κ1) is 14.6. The Balaban J connectivity index is 2.11. The van der Waals surface area contributed by atoms with Crippen molar-refractivity contribution in [3.63, 3.8) is 0 Å². The molecule has 2 rings (SSSR count). The van der Waals surface area contributed by atoms with Crippen LogP contribution in [0.2, 0.25) is 0 Å². The number of rotatable bonds is 6. The average molecular weight is 259 g/mol. The summed E-state index contributed by atoms with van der Waals surface area (Å²) < 4.78 is 0.